The highest BCUT2D eigenvalue weighted by atomic mass is 79.9. The summed E-state index contributed by atoms with van der Waals surface area (Å²) in [5, 5.41) is 11.1. The summed E-state index contributed by atoms with van der Waals surface area (Å²) >= 11 is 3.31. The maximum absolute atomic E-state index is 11.1. The molecule has 0 saturated heterocycles. The Morgan fingerprint density at radius 2 is 2.05 bits per heavy atom. The molecule has 2 heterocycles. The van der Waals surface area contributed by atoms with E-state index >= 15 is 0 Å². The summed E-state index contributed by atoms with van der Waals surface area (Å²) in [7, 11) is 0. The summed E-state index contributed by atoms with van der Waals surface area (Å²) < 4.78 is 2.23. The van der Waals surface area contributed by atoms with Crippen LogP contribution in [0.25, 0.3) is 16.7 Å². The van der Waals surface area contributed by atoms with Crippen molar-refractivity contribution in [2.45, 2.75) is 0 Å². The fourth-order valence-corrected chi connectivity index (χ4v) is 2.44. The molecule has 0 aliphatic heterocycles. The van der Waals surface area contributed by atoms with E-state index in [4.69, 9.17) is 0 Å². The molecule has 0 bridgehead atoms. The fraction of sp³-hybridized carbons (Fsp3) is 0. The van der Waals surface area contributed by atoms with Crippen LogP contribution < -0.4 is 0 Å². The molecule has 0 N–H and O–H groups in total. The zero-order chi connectivity index (χ0) is 13.4. The Morgan fingerprint density at radius 3 is 2.84 bits per heavy atom. The van der Waals surface area contributed by atoms with Crippen molar-refractivity contribution in [3.63, 3.8) is 0 Å². The van der Waals surface area contributed by atoms with Crippen molar-refractivity contribution in [3.8, 4) is 5.69 Å². The first kappa shape index (κ1) is 11.8. The van der Waals surface area contributed by atoms with Gasteiger partial charge in [0, 0.05) is 6.20 Å². The Morgan fingerprint density at radius 1 is 1.26 bits per heavy atom. The van der Waals surface area contributed by atoms with Gasteiger partial charge in [0.2, 0.25) is 0 Å². The Hall–Kier alpha value is -2.28. The number of pyridine rings is 1. The van der Waals surface area contributed by atoms with Crippen LogP contribution in [0, 0.1) is 10.1 Å². The van der Waals surface area contributed by atoms with Crippen molar-refractivity contribution >= 4 is 32.7 Å². The van der Waals surface area contributed by atoms with Crippen LogP contribution in [-0.4, -0.2) is 19.5 Å². The summed E-state index contributed by atoms with van der Waals surface area (Å²) in [5.74, 6) is 0. The van der Waals surface area contributed by atoms with Gasteiger partial charge in [0.15, 0.2) is 0 Å². The summed E-state index contributed by atoms with van der Waals surface area (Å²) in [4.78, 5) is 18.7. The van der Waals surface area contributed by atoms with E-state index in [1.807, 2.05) is 24.3 Å². The number of nitro groups is 1. The molecule has 0 fully saturated rings. The average Bonchev–Trinajstić information content (AvgIpc) is 2.82. The SMILES string of the molecule is O=[N+]([O-])c1cncc(Br)c1-n1cnc2ccccc21. The van der Waals surface area contributed by atoms with Gasteiger partial charge in [-0.2, -0.15) is 0 Å². The van der Waals surface area contributed by atoms with Crippen molar-refractivity contribution in [1.29, 1.82) is 0 Å². The number of aromatic nitrogens is 3. The number of hydrogen-bond acceptors (Lipinski definition) is 4. The molecule has 0 amide bonds. The first-order chi connectivity index (χ1) is 9.18. The fourth-order valence-electron chi connectivity index (χ4n) is 1.93. The van der Waals surface area contributed by atoms with E-state index in [9.17, 15) is 10.1 Å². The second-order valence-electron chi connectivity index (χ2n) is 3.85. The van der Waals surface area contributed by atoms with Crippen molar-refractivity contribution in [3.05, 3.63) is 57.6 Å². The lowest BCUT2D eigenvalue weighted by Gasteiger charge is -2.06. The predicted octanol–water partition coefficient (Wildman–Crippen LogP) is 3.09. The second kappa shape index (κ2) is 4.43. The van der Waals surface area contributed by atoms with Crippen LogP contribution in [0.15, 0.2) is 47.5 Å². The number of nitrogens with zero attached hydrogens (tertiary/aromatic N) is 4. The summed E-state index contributed by atoms with van der Waals surface area (Å²) in [5.41, 5.74) is 1.93. The minimum absolute atomic E-state index is 0.0717. The third-order valence-electron chi connectivity index (χ3n) is 2.74. The van der Waals surface area contributed by atoms with Crippen molar-refractivity contribution < 1.29 is 4.92 Å². The maximum atomic E-state index is 11.1. The molecule has 3 aromatic rings. The lowest BCUT2D eigenvalue weighted by atomic mass is 10.3. The number of fused-ring (bicyclic) bond motifs is 1. The van der Waals surface area contributed by atoms with Gasteiger partial charge in [0.1, 0.15) is 18.2 Å². The molecule has 2 aromatic heterocycles. The number of hydrogen-bond donors (Lipinski definition) is 0. The Bertz CT molecular complexity index is 784. The number of rotatable bonds is 2. The number of para-hydroxylation sites is 2. The topological polar surface area (TPSA) is 73.8 Å². The first-order valence-electron chi connectivity index (χ1n) is 5.39. The molecule has 0 aliphatic carbocycles. The van der Waals surface area contributed by atoms with Crippen molar-refractivity contribution in [2.24, 2.45) is 0 Å². The molecule has 1 aromatic carbocycles. The van der Waals surface area contributed by atoms with E-state index in [2.05, 4.69) is 25.9 Å². The highest BCUT2D eigenvalue weighted by molar-refractivity contribution is 9.10. The lowest BCUT2D eigenvalue weighted by Crippen LogP contribution is -2.01. The molecule has 94 valence electrons. The van der Waals surface area contributed by atoms with Gasteiger partial charge in [-0.15, -0.1) is 0 Å². The van der Waals surface area contributed by atoms with Crippen LogP contribution in [0.4, 0.5) is 5.69 Å². The highest BCUT2D eigenvalue weighted by Gasteiger charge is 2.20. The number of imidazole rings is 1. The van der Waals surface area contributed by atoms with Gasteiger partial charge in [-0.05, 0) is 28.1 Å². The van der Waals surface area contributed by atoms with Crippen LogP contribution in [0.2, 0.25) is 0 Å². The molecular weight excluding hydrogens is 312 g/mol. The molecule has 6 nitrogen and oxygen atoms in total. The molecule has 3 rings (SSSR count). The van der Waals surface area contributed by atoms with Gasteiger partial charge in [0.25, 0.3) is 0 Å². The average molecular weight is 319 g/mol. The van der Waals surface area contributed by atoms with Gasteiger partial charge in [-0.25, -0.2) is 4.98 Å². The largest absolute Gasteiger partial charge is 0.312 e. The van der Waals surface area contributed by atoms with Gasteiger partial charge >= 0.3 is 5.69 Å². The highest BCUT2D eigenvalue weighted by Crippen LogP contribution is 2.31. The summed E-state index contributed by atoms with van der Waals surface area (Å²) in [6.45, 7) is 0. The predicted molar refractivity (Wildman–Crippen MR) is 73.2 cm³/mol. The number of benzene rings is 1. The van der Waals surface area contributed by atoms with E-state index in [0.717, 1.165) is 11.0 Å². The minimum atomic E-state index is -0.456. The molecule has 0 atom stereocenters. The maximum Gasteiger partial charge on any atom is 0.312 e. The standard InChI is InChI=1S/C12H7BrN4O2/c13-8-5-14-6-11(17(18)19)12(8)16-7-15-9-3-1-2-4-10(9)16/h1-7H. The van der Waals surface area contributed by atoms with E-state index in [1.54, 1.807) is 10.9 Å². The lowest BCUT2D eigenvalue weighted by molar-refractivity contribution is -0.384. The summed E-state index contributed by atoms with van der Waals surface area (Å²) in [6, 6.07) is 7.45. The third kappa shape index (κ3) is 1.88. The zero-order valence-corrected chi connectivity index (χ0v) is 11.1. The van der Waals surface area contributed by atoms with Crippen molar-refractivity contribution in [1.82, 2.24) is 14.5 Å². The molecule has 19 heavy (non-hydrogen) atoms. The quantitative estimate of drug-likeness (QED) is 0.537. The third-order valence-corrected chi connectivity index (χ3v) is 3.33. The Labute approximate surface area is 116 Å². The molecule has 0 radical (unpaired) electrons. The van der Waals surface area contributed by atoms with Gasteiger partial charge in [-0.3, -0.25) is 19.7 Å². The molecule has 0 aliphatic rings. The smallest absolute Gasteiger partial charge is 0.292 e. The van der Waals surface area contributed by atoms with Crippen LogP contribution in [0.3, 0.4) is 0 Å². The van der Waals surface area contributed by atoms with Crippen LogP contribution in [0.5, 0.6) is 0 Å². The number of halogens is 1. The minimum Gasteiger partial charge on any atom is -0.292 e. The molecule has 0 spiro atoms. The summed E-state index contributed by atoms with van der Waals surface area (Å²) in [6.07, 6.45) is 4.32. The Kier molecular flexibility index (Phi) is 2.75. The van der Waals surface area contributed by atoms with Crippen LogP contribution in [-0.2, 0) is 0 Å². The van der Waals surface area contributed by atoms with Crippen LogP contribution in [0.1, 0.15) is 0 Å². The Balaban J connectivity index is 2.36. The van der Waals surface area contributed by atoms with Gasteiger partial charge < -0.3 is 0 Å². The van der Waals surface area contributed by atoms with Gasteiger partial charge in [-0.1, -0.05) is 12.1 Å². The molecule has 7 heteroatoms. The van der Waals surface area contributed by atoms with E-state index in [-0.39, 0.29) is 5.69 Å². The molecule has 0 unspecified atom stereocenters. The van der Waals surface area contributed by atoms with Gasteiger partial charge in [0.05, 0.1) is 20.4 Å². The van der Waals surface area contributed by atoms with E-state index in [0.29, 0.717) is 10.2 Å². The van der Waals surface area contributed by atoms with Crippen LogP contribution >= 0.6 is 15.9 Å². The van der Waals surface area contributed by atoms with E-state index < -0.39 is 4.92 Å². The monoisotopic (exact) mass is 318 g/mol. The van der Waals surface area contributed by atoms with E-state index in [1.165, 1.54) is 12.4 Å². The second-order valence-corrected chi connectivity index (χ2v) is 4.70. The molecule has 0 saturated carbocycles. The zero-order valence-electron chi connectivity index (χ0n) is 9.52. The molecular formula is C12H7BrN4O2. The normalized spacial score (nSPS) is 10.8. The first-order valence-corrected chi connectivity index (χ1v) is 6.18. The van der Waals surface area contributed by atoms with Crippen molar-refractivity contribution in [2.75, 3.05) is 0 Å².